The van der Waals surface area contributed by atoms with E-state index in [9.17, 15) is 23.5 Å². The number of hydrogen-bond acceptors (Lipinski definition) is 4. The number of ketones is 1. The van der Waals surface area contributed by atoms with Crippen molar-refractivity contribution in [2.75, 3.05) is 4.90 Å². The summed E-state index contributed by atoms with van der Waals surface area (Å²) < 4.78 is 27.5. The number of carbonyl (C=O) groups excluding carboxylic acids is 2. The maximum absolute atomic E-state index is 14.0. The number of rotatable bonds is 3. The number of thiophene rings is 1. The van der Waals surface area contributed by atoms with Gasteiger partial charge < -0.3 is 5.11 Å². The predicted molar refractivity (Wildman–Crippen MR) is 119 cm³/mol. The first kappa shape index (κ1) is 20.1. The van der Waals surface area contributed by atoms with Crippen molar-refractivity contribution in [2.45, 2.75) is 6.04 Å². The third kappa shape index (κ3) is 3.09. The number of anilines is 1. The number of Topliss-reactive ketones (excluding diaryl/α,β-unsaturated/α-hetero) is 1. The van der Waals surface area contributed by atoms with Crippen LogP contribution in [0.15, 0.2) is 83.7 Å². The average molecular weight is 447 g/mol. The van der Waals surface area contributed by atoms with Gasteiger partial charge in [-0.05, 0) is 34.4 Å². The standard InChI is InChI=1S/C25H15F2NO3S/c26-18-11-10-15(13-19(18)27)28-22(20-9-4-12-32-20)21(24(30)25(28)31)23(29)17-8-3-6-14-5-1-2-7-16(14)17/h1-13,22,29H/b23-21-. The molecule has 4 nitrogen and oxygen atoms in total. The van der Waals surface area contributed by atoms with Crippen molar-refractivity contribution in [3.05, 3.63) is 106 Å². The first-order chi connectivity index (χ1) is 15.5. The molecule has 5 rings (SSSR count). The molecule has 0 bridgehead atoms. The lowest BCUT2D eigenvalue weighted by molar-refractivity contribution is -0.132. The SMILES string of the molecule is O=C1C(=O)N(c2ccc(F)c(F)c2)C(c2cccs2)/C1=C(/O)c1cccc2ccccc12. The zero-order valence-corrected chi connectivity index (χ0v) is 17.3. The summed E-state index contributed by atoms with van der Waals surface area (Å²) in [5, 5.41) is 14.6. The van der Waals surface area contributed by atoms with Gasteiger partial charge in [-0.15, -0.1) is 11.3 Å². The van der Waals surface area contributed by atoms with Gasteiger partial charge in [0.05, 0.1) is 5.57 Å². The second-order valence-electron chi connectivity index (χ2n) is 7.31. The van der Waals surface area contributed by atoms with Crippen molar-refractivity contribution in [1.29, 1.82) is 0 Å². The Morgan fingerprint density at radius 1 is 0.906 bits per heavy atom. The van der Waals surface area contributed by atoms with Gasteiger partial charge in [0.1, 0.15) is 11.8 Å². The van der Waals surface area contributed by atoms with Crippen LogP contribution in [0, 0.1) is 11.6 Å². The van der Waals surface area contributed by atoms with Crippen LogP contribution in [0.5, 0.6) is 0 Å². The second kappa shape index (κ2) is 7.69. The molecule has 1 amide bonds. The number of nitrogens with zero attached hydrogens (tertiary/aromatic N) is 1. The van der Waals surface area contributed by atoms with Crippen molar-refractivity contribution in [3.8, 4) is 0 Å². The van der Waals surface area contributed by atoms with E-state index in [0.717, 1.165) is 27.8 Å². The number of benzene rings is 3. The van der Waals surface area contributed by atoms with Crippen molar-refractivity contribution in [2.24, 2.45) is 0 Å². The van der Waals surface area contributed by atoms with E-state index in [2.05, 4.69) is 0 Å². The molecule has 1 aliphatic heterocycles. The number of amides is 1. The van der Waals surface area contributed by atoms with E-state index < -0.39 is 29.4 Å². The van der Waals surface area contributed by atoms with Gasteiger partial charge in [0.2, 0.25) is 0 Å². The summed E-state index contributed by atoms with van der Waals surface area (Å²) in [6, 6.07) is 18.2. The summed E-state index contributed by atoms with van der Waals surface area (Å²) in [6.07, 6.45) is 0. The maximum atomic E-state index is 14.0. The third-order valence-corrected chi connectivity index (χ3v) is 6.41. The minimum atomic E-state index is -1.14. The minimum Gasteiger partial charge on any atom is -0.507 e. The van der Waals surface area contributed by atoms with E-state index in [4.69, 9.17) is 0 Å². The average Bonchev–Trinajstić information content (AvgIpc) is 3.42. The number of fused-ring (bicyclic) bond motifs is 1. The van der Waals surface area contributed by atoms with Crippen LogP contribution in [0.2, 0.25) is 0 Å². The molecular weight excluding hydrogens is 432 g/mol. The first-order valence-electron chi connectivity index (χ1n) is 9.75. The van der Waals surface area contributed by atoms with Crippen LogP contribution in [0.4, 0.5) is 14.5 Å². The molecule has 1 atom stereocenters. The highest BCUT2D eigenvalue weighted by molar-refractivity contribution is 7.10. The van der Waals surface area contributed by atoms with Crippen LogP contribution in [-0.2, 0) is 9.59 Å². The Morgan fingerprint density at radius 2 is 1.69 bits per heavy atom. The fourth-order valence-corrected chi connectivity index (χ4v) is 4.85. The highest BCUT2D eigenvalue weighted by Crippen LogP contribution is 2.44. The fraction of sp³-hybridized carbons (Fsp3) is 0.0400. The smallest absolute Gasteiger partial charge is 0.300 e. The predicted octanol–water partition coefficient (Wildman–Crippen LogP) is 5.81. The highest BCUT2D eigenvalue weighted by Gasteiger charge is 2.47. The number of aliphatic hydroxyl groups excluding tert-OH is 1. The Bertz CT molecular complexity index is 1410. The van der Waals surface area contributed by atoms with Gasteiger partial charge in [0.15, 0.2) is 11.6 Å². The van der Waals surface area contributed by atoms with E-state index in [0.29, 0.717) is 10.4 Å². The van der Waals surface area contributed by atoms with E-state index >= 15 is 0 Å². The van der Waals surface area contributed by atoms with Crippen molar-refractivity contribution < 1.29 is 23.5 Å². The summed E-state index contributed by atoms with van der Waals surface area (Å²) in [7, 11) is 0. The normalized spacial score (nSPS) is 17.9. The molecule has 1 fully saturated rings. The molecule has 1 aliphatic rings. The van der Waals surface area contributed by atoms with Crippen LogP contribution in [0.25, 0.3) is 16.5 Å². The zero-order chi connectivity index (χ0) is 22.4. The fourth-order valence-electron chi connectivity index (χ4n) is 4.03. The van der Waals surface area contributed by atoms with Gasteiger partial charge in [-0.2, -0.15) is 0 Å². The van der Waals surface area contributed by atoms with Crippen LogP contribution in [0.3, 0.4) is 0 Å². The van der Waals surface area contributed by atoms with E-state index in [1.165, 1.54) is 17.4 Å². The van der Waals surface area contributed by atoms with E-state index in [1.807, 2.05) is 30.3 Å². The molecule has 2 heterocycles. The van der Waals surface area contributed by atoms with Gasteiger partial charge in [-0.3, -0.25) is 14.5 Å². The molecule has 1 saturated heterocycles. The molecule has 32 heavy (non-hydrogen) atoms. The quantitative estimate of drug-likeness (QED) is 0.245. The Kier molecular flexibility index (Phi) is 4.83. The summed E-state index contributed by atoms with van der Waals surface area (Å²) in [5.74, 6) is -4.32. The molecular formula is C25H15F2NO3S. The summed E-state index contributed by atoms with van der Waals surface area (Å²) in [4.78, 5) is 27.9. The molecule has 0 radical (unpaired) electrons. The monoisotopic (exact) mass is 447 g/mol. The molecule has 1 aromatic heterocycles. The largest absolute Gasteiger partial charge is 0.507 e. The van der Waals surface area contributed by atoms with E-state index in [1.54, 1.807) is 29.6 Å². The van der Waals surface area contributed by atoms with Crippen LogP contribution in [0.1, 0.15) is 16.5 Å². The van der Waals surface area contributed by atoms with Crippen molar-refractivity contribution in [3.63, 3.8) is 0 Å². The molecule has 0 spiro atoms. The lowest BCUT2D eigenvalue weighted by Gasteiger charge is -2.24. The van der Waals surface area contributed by atoms with E-state index in [-0.39, 0.29) is 17.0 Å². The lowest BCUT2D eigenvalue weighted by atomic mass is 9.96. The van der Waals surface area contributed by atoms with Gasteiger partial charge in [0.25, 0.3) is 11.7 Å². The van der Waals surface area contributed by atoms with Crippen molar-refractivity contribution >= 4 is 45.2 Å². The Hall–Kier alpha value is -3.84. The molecule has 1 unspecified atom stereocenters. The number of aliphatic hydroxyl groups is 1. The summed E-state index contributed by atoms with van der Waals surface area (Å²) in [5.41, 5.74) is 0.341. The number of hydrogen-bond donors (Lipinski definition) is 1. The molecule has 158 valence electrons. The Morgan fingerprint density at radius 3 is 2.44 bits per heavy atom. The Labute approximate surface area is 185 Å². The number of carbonyl (C=O) groups is 2. The van der Waals surface area contributed by atoms with Gasteiger partial charge in [-0.1, -0.05) is 48.5 Å². The van der Waals surface area contributed by atoms with Gasteiger partial charge >= 0.3 is 0 Å². The molecule has 0 saturated carbocycles. The first-order valence-corrected chi connectivity index (χ1v) is 10.6. The van der Waals surface area contributed by atoms with Crippen LogP contribution < -0.4 is 4.90 Å². The number of halogens is 2. The topological polar surface area (TPSA) is 57.6 Å². The Balaban J connectivity index is 1.76. The van der Waals surface area contributed by atoms with Crippen LogP contribution in [-0.4, -0.2) is 16.8 Å². The van der Waals surface area contributed by atoms with Crippen molar-refractivity contribution in [1.82, 2.24) is 0 Å². The van der Waals surface area contributed by atoms with Gasteiger partial charge in [-0.25, -0.2) is 8.78 Å². The zero-order valence-electron chi connectivity index (χ0n) is 16.5. The maximum Gasteiger partial charge on any atom is 0.300 e. The molecule has 0 aliphatic carbocycles. The molecule has 1 N–H and O–H groups in total. The second-order valence-corrected chi connectivity index (χ2v) is 8.29. The van der Waals surface area contributed by atoms with Gasteiger partial charge in [0, 0.05) is 22.2 Å². The minimum absolute atomic E-state index is 0.0290. The highest BCUT2D eigenvalue weighted by atomic mass is 32.1. The third-order valence-electron chi connectivity index (χ3n) is 5.48. The molecule has 3 aromatic carbocycles. The summed E-state index contributed by atoms with van der Waals surface area (Å²) in [6.45, 7) is 0. The molecule has 7 heteroatoms. The lowest BCUT2D eigenvalue weighted by Crippen LogP contribution is -2.29. The van der Waals surface area contributed by atoms with Crippen LogP contribution >= 0.6 is 11.3 Å². The summed E-state index contributed by atoms with van der Waals surface area (Å²) >= 11 is 1.29. The molecule has 4 aromatic rings.